The van der Waals surface area contributed by atoms with Gasteiger partial charge in [-0.2, -0.15) is 0 Å². The van der Waals surface area contributed by atoms with Crippen molar-refractivity contribution < 1.29 is 0 Å². The normalized spacial score (nSPS) is 11.9. The van der Waals surface area contributed by atoms with Crippen LogP contribution < -0.4 is 5.69 Å². The molecule has 0 aliphatic carbocycles. The number of hydrogen-bond acceptors (Lipinski definition) is 4. The molecule has 31 heavy (non-hydrogen) atoms. The summed E-state index contributed by atoms with van der Waals surface area (Å²) in [6.45, 7) is 11.0. The van der Waals surface area contributed by atoms with E-state index in [0.29, 0.717) is 12.4 Å². The molecule has 0 fully saturated rings. The van der Waals surface area contributed by atoms with Crippen molar-refractivity contribution in [1.82, 2.24) is 29.8 Å². The molecule has 0 radical (unpaired) electrons. The van der Waals surface area contributed by atoms with Gasteiger partial charge in [0, 0.05) is 28.9 Å². The molecule has 0 amide bonds. The van der Waals surface area contributed by atoms with Crippen LogP contribution in [0.2, 0.25) is 0 Å². The van der Waals surface area contributed by atoms with Gasteiger partial charge in [-0.05, 0) is 41.0 Å². The minimum absolute atomic E-state index is 0.0344. The van der Waals surface area contributed by atoms with Crippen LogP contribution in [0.1, 0.15) is 51.9 Å². The monoisotopic (exact) mass is 416 g/mol. The van der Waals surface area contributed by atoms with E-state index in [-0.39, 0.29) is 17.1 Å². The molecule has 7 heteroatoms. The first-order valence-corrected chi connectivity index (χ1v) is 10.5. The Hall–Kier alpha value is -3.48. The number of benzene rings is 2. The van der Waals surface area contributed by atoms with E-state index < -0.39 is 0 Å². The molecule has 160 valence electrons. The van der Waals surface area contributed by atoms with Gasteiger partial charge in [0.05, 0.1) is 6.54 Å². The fourth-order valence-corrected chi connectivity index (χ4v) is 3.81. The minimum atomic E-state index is -0.122. The van der Waals surface area contributed by atoms with Gasteiger partial charge in [-0.25, -0.2) is 9.89 Å². The zero-order chi connectivity index (χ0) is 22.2. The maximum absolute atomic E-state index is 13.1. The van der Waals surface area contributed by atoms with Crippen LogP contribution >= 0.6 is 0 Å². The summed E-state index contributed by atoms with van der Waals surface area (Å²) in [6, 6.07) is 16.5. The molecule has 0 saturated carbocycles. The van der Waals surface area contributed by atoms with Crippen LogP contribution in [0.4, 0.5) is 0 Å². The minimum Gasteiger partial charge on any atom is -0.296 e. The van der Waals surface area contributed by atoms with Gasteiger partial charge >= 0.3 is 5.69 Å². The van der Waals surface area contributed by atoms with Gasteiger partial charge < -0.3 is 0 Å². The van der Waals surface area contributed by atoms with Crippen molar-refractivity contribution >= 4 is 0 Å². The van der Waals surface area contributed by atoms with Crippen LogP contribution in [0.25, 0.3) is 22.5 Å². The fourth-order valence-electron chi connectivity index (χ4n) is 3.81. The van der Waals surface area contributed by atoms with Crippen molar-refractivity contribution in [3.8, 4) is 22.5 Å². The van der Waals surface area contributed by atoms with Crippen LogP contribution in [-0.2, 0) is 12.0 Å². The number of H-pyrrole nitrogens is 1. The standard InChI is InChI=1S/C24H28N6O/c1-16(2)29-15-21(24(3,4)5)30(23(29)31)14-17-10-12-18(13-11-17)19-8-6-7-9-20(19)22-25-27-28-26-22/h6-13,15-16H,14H2,1-5H3,(H,25,26,27,28). The van der Waals surface area contributed by atoms with Gasteiger partial charge in [-0.1, -0.05) is 69.3 Å². The van der Waals surface area contributed by atoms with Gasteiger partial charge in [0.1, 0.15) is 0 Å². The number of aromatic nitrogens is 6. The Balaban J connectivity index is 1.68. The summed E-state index contributed by atoms with van der Waals surface area (Å²) in [5.74, 6) is 0.635. The van der Waals surface area contributed by atoms with Crippen molar-refractivity contribution in [2.45, 2.75) is 52.6 Å². The summed E-state index contributed by atoms with van der Waals surface area (Å²) in [5.41, 5.74) is 5.09. The lowest BCUT2D eigenvalue weighted by Gasteiger charge is -2.20. The first-order chi connectivity index (χ1) is 14.8. The maximum Gasteiger partial charge on any atom is 0.328 e. The Bertz CT molecular complexity index is 1220. The van der Waals surface area contributed by atoms with Crippen molar-refractivity contribution in [2.24, 2.45) is 0 Å². The van der Waals surface area contributed by atoms with Crippen molar-refractivity contribution in [3.05, 3.63) is 76.5 Å². The molecule has 0 aliphatic rings. The Kier molecular flexibility index (Phi) is 5.35. The third-order valence-corrected chi connectivity index (χ3v) is 5.46. The third-order valence-electron chi connectivity index (χ3n) is 5.46. The van der Waals surface area contributed by atoms with Gasteiger partial charge in [0.2, 0.25) is 0 Å². The number of hydrogen-bond donors (Lipinski definition) is 1. The molecule has 2 aromatic carbocycles. The second-order valence-corrected chi connectivity index (χ2v) is 9.13. The molecule has 1 N–H and O–H groups in total. The van der Waals surface area contributed by atoms with E-state index in [9.17, 15) is 4.79 Å². The smallest absolute Gasteiger partial charge is 0.296 e. The quantitative estimate of drug-likeness (QED) is 0.522. The van der Waals surface area contributed by atoms with Crippen LogP contribution in [-0.4, -0.2) is 29.8 Å². The Morgan fingerprint density at radius 1 is 1.00 bits per heavy atom. The zero-order valence-electron chi connectivity index (χ0n) is 18.6. The molecule has 2 heterocycles. The summed E-state index contributed by atoms with van der Waals surface area (Å²) in [6.07, 6.45) is 2.00. The lowest BCUT2D eigenvalue weighted by Crippen LogP contribution is -2.28. The number of nitrogens with zero attached hydrogens (tertiary/aromatic N) is 5. The Morgan fingerprint density at radius 2 is 1.68 bits per heavy atom. The lowest BCUT2D eigenvalue weighted by molar-refractivity contribution is 0.523. The summed E-state index contributed by atoms with van der Waals surface area (Å²) in [7, 11) is 0. The van der Waals surface area contributed by atoms with E-state index in [4.69, 9.17) is 0 Å². The largest absolute Gasteiger partial charge is 0.328 e. The van der Waals surface area contributed by atoms with E-state index in [2.05, 4.69) is 71.7 Å². The van der Waals surface area contributed by atoms with Crippen molar-refractivity contribution in [2.75, 3.05) is 0 Å². The van der Waals surface area contributed by atoms with Crippen LogP contribution in [0.5, 0.6) is 0 Å². The average Bonchev–Trinajstić information content (AvgIpc) is 3.37. The second-order valence-electron chi connectivity index (χ2n) is 9.13. The van der Waals surface area contributed by atoms with Crippen LogP contribution in [0, 0.1) is 0 Å². The molecule has 7 nitrogen and oxygen atoms in total. The highest BCUT2D eigenvalue weighted by Gasteiger charge is 2.23. The highest BCUT2D eigenvalue weighted by atomic mass is 16.1. The molecule has 0 bridgehead atoms. The first-order valence-electron chi connectivity index (χ1n) is 10.5. The molecule has 4 aromatic rings. The van der Waals surface area contributed by atoms with Crippen molar-refractivity contribution in [3.63, 3.8) is 0 Å². The molecule has 0 aliphatic heterocycles. The molecule has 0 unspecified atom stereocenters. The molecular formula is C24H28N6O. The number of tetrazole rings is 1. The Labute approximate surface area is 181 Å². The maximum atomic E-state index is 13.1. The van der Waals surface area contributed by atoms with E-state index in [1.54, 1.807) is 0 Å². The van der Waals surface area contributed by atoms with E-state index >= 15 is 0 Å². The van der Waals surface area contributed by atoms with Gasteiger partial charge in [0.15, 0.2) is 5.82 Å². The van der Waals surface area contributed by atoms with Crippen molar-refractivity contribution in [1.29, 1.82) is 0 Å². The molecule has 0 atom stereocenters. The van der Waals surface area contributed by atoms with Gasteiger partial charge in [-0.3, -0.25) is 9.13 Å². The van der Waals surface area contributed by atoms with Crippen LogP contribution in [0.3, 0.4) is 0 Å². The second kappa shape index (κ2) is 7.98. The highest BCUT2D eigenvalue weighted by molar-refractivity contribution is 5.80. The lowest BCUT2D eigenvalue weighted by atomic mass is 9.92. The summed E-state index contributed by atoms with van der Waals surface area (Å²) < 4.78 is 3.71. The van der Waals surface area contributed by atoms with Gasteiger partial charge in [0.25, 0.3) is 0 Å². The topological polar surface area (TPSA) is 81.4 Å². The fraction of sp³-hybridized carbons (Fsp3) is 0.333. The van der Waals surface area contributed by atoms with E-state index in [0.717, 1.165) is 27.9 Å². The number of rotatable bonds is 5. The summed E-state index contributed by atoms with van der Waals surface area (Å²) in [5, 5.41) is 14.3. The molecular weight excluding hydrogens is 388 g/mol. The third kappa shape index (κ3) is 4.08. The molecule has 4 rings (SSSR count). The van der Waals surface area contributed by atoms with E-state index in [1.807, 2.05) is 47.4 Å². The van der Waals surface area contributed by atoms with Gasteiger partial charge in [-0.15, -0.1) is 5.10 Å². The zero-order valence-corrected chi connectivity index (χ0v) is 18.6. The number of aromatic amines is 1. The number of imidazole rings is 1. The average molecular weight is 417 g/mol. The summed E-state index contributed by atoms with van der Waals surface area (Å²) in [4.78, 5) is 13.1. The molecule has 0 spiro atoms. The first kappa shape index (κ1) is 20.8. The van der Waals surface area contributed by atoms with E-state index in [1.165, 1.54) is 0 Å². The predicted molar refractivity (Wildman–Crippen MR) is 122 cm³/mol. The predicted octanol–water partition coefficient (Wildman–Crippen LogP) is 4.42. The van der Waals surface area contributed by atoms with Crippen LogP contribution in [0.15, 0.2) is 59.5 Å². The molecule has 0 saturated heterocycles. The summed E-state index contributed by atoms with van der Waals surface area (Å²) >= 11 is 0. The highest BCUT2D eigenvalue weighted by Crippen LogP contribution is 2.30. The number of nitrogens with one attached hydrogen (secondary N) is 1. The Morgan fingerprint density at radius 3 is 2.26 bits per heavy atom. The SMILES string of the molecule is CC(C)n1cc(C(C)(C)C)n(Cc2ccc(-c3ccccc3-c3nnn[nH]3)cc2)c1=O. The molecule has 2 aromatic heterocycles.